The van der Waals surface area contributed by atoms with Crippen LogP contribution in [0.2, 0.25) is 0 Å². The zero-order valence-electron chi connectivity index (χ0n) is 9.70. The monoisotopic (exact) mass is 216 g/mol. The average Bonchev–Trinajstić information content (AvgIpc) is 2.58. The zero-order chi connectivity index (χ0) is 11.8. The molecule has 16 heavy (non-hydrogen) atoms. The fraction of sp³-hybridized carbons (Fsp3) is 0.462. The van der Waals surface area contributed by atoms with Crippen LogP contribution in [0.4, 0.5) is 5.69 Å². The van der Waals surface area contributed by atoms with Crippen molar-refractivity contribution in [2.45, 2.75) is 25.9 Å². The van der Waals surface area contributed by atoms with Crippen molar-refractivity contribution >= 4 is 5.69 Å². The van der Waals surface area contributed by atoms with Gasteiger partial charge in [-0.05, 0) is 31.9 Å². The summed E-state index contributed by atoms with van der Waals surface area (Å²) in [4.78, 5) is 2.11. The third-order valence-electron chi connectivity index (χ3n) is 3.13. The van der Waals surface area contributed by atoms with E-state index in [4.69, 9.17) is 5.26 Å². The van der Waals surface area contributed by atoms with Gasteiger partial charge in [-0.3, -0.25) is 0 Å². The van der Waals surface area contributed by atoms with Gasteiger partial charge in [0.05, 0.1) is 16.9 Å². The highest BCUT2D eigenvalue weighted by molar-refractivity contribution is 5.64. The van der Waals surface area contributed by atoms with Crippen LogP contribution in [-0.2, 0) is 0 Å². The largest absolute Gasteiger partial charge is 0.388 e. The van der Waals surface area contributed by atoms with E-state index >= 15 is 0 Å². The van der Waals surface area contributed by atoms with Crippen LogP contribution in [0.1, 0.15) is 24.5 Å². The Kier molecular flexibility index (Phi) is 2.61. The molecule has 0 bridgehead atoms. The molecule has 1 heterocycles. The summed E-state index contributed by atoms with van der Waals surface area (Å²) in [5, 5.41) is 19.1. The highest BCUT2D eigenvalue weighted by Gasteiger charge is 2.32. The number of nitrogens with zero attached hydrogens (tertiary/aromatic N) is 2. The summed E-state index contributed by atoms with van der Waals surface area (Å²) in [6, 6.07) is 7.94. The summed E-state index contributed by atoms with van der Waals surface area (Å²) in [5.41, 5.74) is 2.13. The Morgan fingerprint density at radius 3 is 2.81 bits per heavy atom. The molecule has 1 aliphatic rings. The van der Waals surface area contributed by atoms with Gasteiger partial charge in [0.1, 0.15) is 6.07 Å². The molecule has 1 fully saturated rings. The van der Waals surface area contributed by atoms with E-state index in [9.17, 15) is 5.11 Å². The van der Waals surface area contributed by atoms with E-state index in [0.29, 0.717) is 12.1 Å². The molecule has 84 valence electrons. The fourth-order valence-electron chi connectivity index (χ4n) is 2.30. The van der Waals surface area contributed by atoms with E-state index in [0.717, 1.165) is 24.2 Å². The first-order valence-corrected chi connectivity index (χ1v) is 5.50. The quantitative estimate of drug-likeness (QED) is 0.779. The van der Waals surface area contributed by atoms with Crippen molar-refractivity contribution in [1.29, 1.82) is 5.26 Å². The van der Waals surface area contributed by atoms with E-state index in [2.05, 4.69) is 11.0 Å². The molecule has 0 amide bonds. The molecule has 0 saturated carbocycles. The molecule has 1 unspecified atom stereocenters. The van der Waals surface area contributed by atoms with E-state index in [1.54, 1.807) is 0 Å². The van der Waals surface area contributed by atoms with Gasteiger partial charge in [-0.25, -0.2) is 0 Å². The Morgan fingerprint density at radius 1 is 1.50 bits per heavy atom. The maximum Gasteiger partial charge on any atom is 0.101 e. The molecule has 3 heteroatoms. The number of aliphatic hydroxyl groups is 1. The molecule has 0 spiro atoms. The highest BCUT2D eigenvalue weighted by Crippen LogP contribution is 2.31. The Hall–Kier alpha value is -1.53. The van der Waals surface area contributed by atoms with Gasteiger partial charge in [0.25, 0.3) is 0 Å². The van der Waals surface area contributed by atoms with Crippen LogP contribution in [0.25, 0.3) is 0 Å². The third-order valence-corrected chi connectivity index (χ3v) is 3.13. The first-order chi connectivity index (χ1) is 7.53. The topological polar surface area (TPSA) is 47.3 Å². The maximum atomic E-state index is 9.96. The third kappa shape index (κ3) is 1.89. The Balaban J connectivity index is 2.38. The summed E-state index contributed by atoms with van der Waals surface area (Å²) in [7, 11) is 0. The van der Waals surface area contributed by atoms with Gasteiger partial charge < -0.3 is 10.0 Å². The van der Waals surface area contributed by atoms with E-state index in [-0.39, 0.29) is 0 Å². The minimum atomic E-state index is -0.630. The summed E-state index contributed by atoms with van der Waals surface area (Å²) < 4.78 is 0. The molecule has 1 aromatic rings. The van der Waals surface area contributed by atoms with Crippen molar-refractivity contribution in [1.82, 2.24) is 0 Å². The number of rotatable bonds is 1. The predicted octanol–water partition coefficient (Wildman–Crippen LogP) is 1.83. The van der Waals surface area contributed by atoms with Crippen LogP contribution in [0.3, 0.4) is 0 Å². The fourth-order valence-corrected chi connectivity index (χ4v) is 2.30. The van der Waals surface area contributed by atoms with Gasteiger partial charge in [0, 0.05) is 13.1 Å². The second-order valence-electron chi connectivity index (χ2n) is 4.75. The standard InChI is InChI=1S/C13H16N2O/c1-10-4-3-5-11(8-14)12(10)15-7-6-13(2,16)9-15/h3-5,16H,6-7,9H2,1-2H3. The lowest BCUT2D eigenvalue weighted by Gasteiger charge is -2.23. The van der Waals surface area contributed by atoms with Gasteiger partial charge in [-0.15, -0.1) is 0 Å². The van der Waals surface area contributed by atoms with Crippen LogP contribution in [0, 0.1) is 18.3 Å². The van der Waals surface area contributed by atoms with E-state index in [1.165, 1.54) is 0 Å². The molecule has 1 N–H and O–H groups in total. The number of β-amino-alcohol motifs (C(OH)–C–C–N with tert-alkyl or cyclic N) is 1. The number of aryl methyl sites for hydroxylation is 1. The molecule has 3 nitrogen and oxygen atoms in total. The highest BCUT2D eigenvalue weighted by atomic mass is 16.3. The molecule has 0 radical (unpaired) electrons. The van der Waals surface area contributed by atoms with Gasteiger partial charge in [-0.2, -0.15) is 5.26 Å². The smallest absolute Gasteiger partial charge is 0.101 e. The molecule has 0 aliphatic carbocycles. The summed E-state index contributed by atoms with van der Waals surface area (Å²) in [5.74, 6) is 0. The lowest BCUT2D eigenvalue weighted by molar-refractivity contribution is 0.0839. The number of benzene rings is 1. The van der Waals surface area contributed by atoms with Gasteiger partial charge in [-0.1, -0.05) is 12.1 Å². The second kappa shape index (κ2) is 3.80. The number of anilines is 1. The number of nitriles is 1. The summed E-state index contributed by atoms with van der Waals surface area (Å²) in [6.07, 6.45) is 0.756. The van der Waals surface area contributed by atoms with E-state index in [1.807, 2.05) is 32.0 Å². The van der Waals surface area contributed by atoms with Crippen LogP contribution in [0.5, 0.6) is 0 Å². The number of para-hydroxylation sites is 1. The van der Waals surface area contributed by atoms with E-state index < -0.39 is 5.60 Å². The van der Waals surface area contributed by atoms with Crippen molar-refractivity contribution in [2.24, 2.45) is 0 Å². The molecular weight excluding hydrogens is 200 g/mol. The molecule has 1 atom stereocenters. The number of hydrogen-bond donors (Lipinski definition) is 1. The molecule has 0 aromatic heterocycles. The minimum Gasteiger partial charge on any atom is -0.388 e. The minimum absolute atomic E-state index is 0.604. The maximum absolute atomic E-state index is 9.96. The molecular formula is C13H16N2O. The van der Waals surface area contributed by atoms with Crippen molar-refractivity contribution in [3.63, 3.8) is 0 Å². The lowest BCUT2D eigenvalue weighted by Crippen LogP contribution is -2.30. The van der Waals surface area contributed by atoms with Gasteiger partial charge in [0.15, 0.2) is 0 Å². The van der Waals surface area contributed by atoms with Gasteiger partial charge in [0.2, 0.25) is 0 Å². The van der Waals surface area contributed by atoms with Crippen molar-refractivity contribution < 1.29 is 5.11 Å². The summed E-state index contributed by atoms with van der Waals surface area (Å²) >= 11 is 0. The predicted molar refractivity (Wildman–Crippen MR) is 63.3 cm³/mol. The Morgan fingerprint density at radius 2 is 2.25 bits per heavy atom. The Labute approximate surface area is 95.9 Å². The molecule has 1 aromatic carbocycles. The average molecular weight is 216 g/mol. The van der Waals surface area contributed by atoms with Crippen LogP contribution >= 0.6 is 0 Å². The molecule has 1 saturated heterocycles. The normalized spacial score (nSPS) is 24.5. The zero-order valence-corrected chi connectivity index (χ0v) is 9.70. The first-order valence-electron chi connectivity index (χ1n) is 5.50. The van der Waals surface area contributed by atoms with Crippen LogP contribution < -0.4 is 4.90 Å². The number of hydrogen-bond acceptors (Lipinski definition) is 3. The van der Waals surface area contributed by atoms with Crippen molar-refractivity contribution in [2.75, 3.05) is 18.0 Å². The van der Waals surface area contributed by atoms with Crippen molar-refractivity contribution in [3.05, 3.63) is 29.3 Å². The Bertz CT molecular complexity index is 446. The SMILES string of the molecule is Cc1cccc(C#N)c1N1CCC(C)(O)C1. The van der Waals surface area contributed by atoms with Crippen LogP contribution in [-0.4, -0.2) is 23.8 Å². The second-order valence-corrected chi connectivity index (χ2v) is 4.75. The molecule has 2 rings (SSSR count). The first kappa shape index (κ1) is 11.0. The van der Waals surface area contributed by atoms with Gasteiger partial charge >= 0.3 is 0 Å². The summed E-state index contributed by atoms with van der Waals surface area (Å²) in [6.45, 7) is 5.26. The lowest BCUT2D eigenvalue weighted by atomic mass is 10.1. The molecule has 1 aliphatic heterocycles. The van der Waals surface area contributed by atoms with Crippen LogP contribution in [0.15, 0.2) is 18.2 Å². The van der Waals surface area contributed by atoms with Crippen molar-refractivity contribution in [3.8, 4) is 6.07 Å².